The smallest absolute Gasteiger partial charge is 0.0943 e. The Kier molecular flexibility index (Phi) is 3.52. The Morgan fingerprint density at radius 1 is 1.40 bits per heavy atom. The van der Waals surface area contributed by atoms with E-state index >= 15 is 0 Å². The van der Waals surface area contributed by atoms with Crippen molar-refractivity contribution in [2.75, 3.05) is 0 Å². The maximum atomic E-state index is 8.48. The predicted octanol–water partition coefficient (Wildman–Crippen LogP) is 4.09. The first kappa shape index (κ1) is 10.8. The maximum absolute atomic E-state index is 8.48. The number of nitriles is 1. The van der Waals surface area contributed by atoms with Gasteiger partial charge in [-0.1, -0.05) is 0 Å². The van der Waals surface area contributed by atoms with E-state index in [-0.39, 0.29) is 0 Å². The van der Waals surface area contributed by atoms with Crippen molar-refractivity contribution in [1.29, 1.82) is 5.26 Å². The summed E-state index contributed by atoms with van der Waals surface area (Å²) in [5.74, 6) is 0. The highest BCUT2D eigenvalue weighted by Gasteiger charge is 2.06. The molecule has 2 nitrogen and oxygen atoms in total. The molecule has 0 amide bonds. The fraction of sp³-hybridized carbons (Fsp3) is 0.200. The Labute approximate surface area is 104 Å². The molecule has 2 aromatic rings. The van der Waals surface area contributed by atoms with Crippen LogP contribution < -0.4 is 0 Å². The molecule has 2 aromatic heterocycles. The minimum absolute atomic E-state index is 0.543. The Bertz CT molecular complexity index is 495. The van der Waals surface area contributed by atoms with Crippen molar-refractivity contribution in [2.24, 2.45) is 0 Å². The number of hydrogen-bond acceptors (Lipinski definition) is 4. The number of rotatable bonds is 3. The van der Waals surface area contributed by atoms with E-state index in [2.05, 4.69) is 33.0 Å². The Morgan fingerprint density at radius 2 is 2.27 bits per heavy atom. The molecule has 0 saturated heterocycles. The Hall–Kier alpha value is -0.700. The van der Waals surface area contributed by atoms with Gasteiger partial charge in [-0.3, -0.25) is 0 Å². The molecule has 5 heteroatoms. The van der Waals surface area contributed by atoms with Gasteiger partial charge >= 0.3 is 0 Å². The first-order chi connectivity index (χ1) is 7.29. The first-order valence-corrected chi connectivity index (χ1v) is 6.90. The minimum Gasteiger partial charge on any atom is -0.240 e. The van der Waals surface area contributed by atoms with E-state index in [4.69, 9.17) is 5.26 Å². The van der Waals surface area contributed by atoms with Crippen LogP contribution >= 0.6 is 38.6 Å². The van der Waals surface area contributed by atoms with Gasteiger partial charge < -0.3 is 0 Å². The summed E-state index contributed by atoms with van der Waals surface area (Å²) >= 11 is 6.72. The van der Waals surface area contributed by atoms with Crippen molar-refractivity contribution in [1.82, 2.24) is 4.98 Å². The zero-order valence-corrected chi connectivity index (χ0v) is 11.0. The molecule has 15 heavy (non-hydrogen) atoms. The number of aromatic nitrogens is 1. The van der Waals surface area contributed by atoms with Crippen molar-refractivity contribution in [3.63, 3.8) is 0 Å². The Morgan fingerprint density at radius 3 is 2.93 bits per heavy atom. The molecule has 0 aliphatic heterocycles. The number of halogens is 1. The van der Waals surface area contributed by atoms with Crippen LogP contribution in [0.5, 0.6) is 0 Å². The molecule has 0 unspecified atom stereocenters. The summed E-state index contributed by atoms with van der Waals surface area (Å²) in [6.07, 6.45) is 1.30. The molecule has 0 aliphatic carbocycles. The fourth-order valence-corrected chi connectivity index (χ4v) is 3.41. The third kappa shape index (κ3) is 2.65. The second-order valence-electron chi connectivity index (χ2n) is 2.91. The Balaban J connectivity index is 2.17. The van der Waals surface area contributed by atoms with E-state index in [0.717, 1.165) is 21.6 Å². The molecule has 0 radical (unpaired) electrons. The van der Waals surface area contributed by atoms with Gasteiger partial charge in [0.2, 0.25) is 0 Å². The third-order valence-electron chi connectivity index (χ3n) is 1.82. The van der Waals surface area contributed by atoms with Crippen molar-refractivity contribution >= 4 is 38.6 Å². The lowest BCUT2D eigenvalue weighted by Gasteiger charge is -1.88. The average molecular weight is 299 g/mol. The van der Waals surface area contributed by atoms with Crippen LogP contribution in [-0.2, 0) is 6.42 Å². The van der Waals surface area contributed by atoms with Gasteiger partial charge in [-0.25, -0.2) is 4.98 Å². The zero-order chi connectivity index (χ0) is 10.7. The van der Waals surface area contributed by atoms with E-state index in [0.29, 0.717) is 6.42 Å². The van der Waals surface area contributed by atoms with Gasteiger partial charge in [0.15, 0.2) is 0 Å². The molecule has 2 heterocycles. The highest BCUT2D eigenvalue weighted by Crippen LogP contribution is 2.30. The largest absolute Gasteiger partial charge is 0.240 e. The third-order valence-corrected chi connectivity index (χ3v) is 4.44. The van der Waals surface area contributed by atoms with E-state index in [1.807, 2.05) is 10.8 Å². The molecule has 0 aromatic carbocycles. The molecule has 2 rings (SSSR count). The topological polar surface area (TPSA) is 36.7 Å². The van der Waals surface area contributed by atoms with Gasteiger partial charge in [0, 0.05) is 28.1 Å². The van der Waals surface area contributed by atoms with Crippen LogP contribution in [0.15, 0.2) is 21.3 Å². The molecule has 0 spiro atoms. The van der Waals surface area contributed by atoms with Crippen molar-refractivity contribution < 1.29 is 0 Å². The van der Waals surface area contributed by atoms with Gasteiger partial charge in [-0.15, -0.1) is 22.7 Å². The van der Waals surface area contributed by atoms with Gasteiger partial charge in [0.25, 0.3) is 0 Å². The lowest BCUT2D eigenvalue weighted by Crippen LogP contribution is -1.81. The lowest BCUT2D eigenvalue weighted by atomic mass is 10.3. The summed E-state index contributed by atoms with van der Waals surface area (Å²) in [7, 11) is 0. The van der Waals surface area contributed by atoms with Crippen molar-refractivity contribution in [2.45, 2.75) is 12.8 Å². The average Bonchev–Trinajstić information content (AvgIpc) is 2.83. The van der Waals surface area contributed by atoms with Gasteiger partial charge in [0.1, 0.15) is 0 Å². The quantitative estimate of drug-likeness (QED) is 0.856. The molecule has 0 aliphatic rings. The first-order valence-electron chi connectivity index (χ1n) is 4.35. The molecule has 76 valence electrons. The number of thiazole rings is 1. The van der Waals surface area contributed by atoms with Crippen LogP contribution in [-0.4, -0.2) is 4.98 Å². The number of hydrogen-bond donors (Lipinski definition) is 0. The van der Waals surface area contributed by atoms with Crippen molar-refractivity contribution in [3.8, 4) is 16.6 Å². The standard InChI is InChI=1S/C10H7BrN2S2/c11-7-4-9(14-5-7)8-6-15-10(13-8)2-1-3-12/h4-6H,1-2H2. The second kappa shape index (κ2) is 4.88. The number of aryl methyl sites for hydroxylation is 1. The molecule has 0 bridgehead atoms. The summed E-state index contributed by atoms with van der Waals surface area (Å²) < 4.78 is 1.09. The molecule has 0 N–H and O–H groups in total. The monoisotopic (exact) mass is 298 g/mol. The summed E-state index contributed by atoms with van der Waals surface area (Å²) in [6, 6.07) is 4.19. The molecular weight excluding hydrogens is 292 g/mol. The molecule has 0 atom stereocenters. The van der Waals surface area contributed by atoms with Crippen LogP contribution in [0.1, 0.15) is 11.4 Å². The second-order valence-corrected chi connectivity index (χ2v) is 5.68. The van der Waals surface area contributed by atoms with Crippen LogP contribution in [0.4, 0.5) is 0 Å². The number of nitrogens with zero attached hydrogens (tertiary/aromatic N) is 2. The predicted molar refractivity (Wildman–Crippen MR) is 67.1 cm³/mol. The zero-order valence-electron chi connectivity index (χ0n) is 7.74. The van der Waals surface area contributed by atoms with Gasteiger partial charge in [-0.05, 0) is 22.0 Å². The number of thiophene rings is 1. The van der Waals surface area contributed by atoms with Crippen LogP contribution in [0.2, 0.25) is 0 Å². The van der Waals surface area contributed by atoms with E-state index < -0.39 is 0 Å². The van der Waals surface area contributed by atoms with Gasteiger partial charge in [0.05, 0.1) is 21.6 Å². The normalized spacial score (nSPS) is 10.1. The van der Waals surface area contributed by atoms with Crippen LogP contribution in [0.25, 0.3) is 10.6 Å². The summed E-state index contributed by atoms with van der Waals surface area (Å²) in [5, 5.41) is 13.6. The lowest BCUT2D eigenvalue weighted by molar-refractivity contribution is 0.991. The van der Waals surface area contributed by atoms with E-state index in [1.165, 1.54) is 4.88 Å². The van der Waals surface area contributed by atoms with E-state index in [1.54, 1.807) is 22.7 Å². The van der Waals surface area contributed by atoms with Crippen LogP contribution in [0.3, 0.4) is 0 Å². The van der Waals surface area contributed by atoms with Gasteiger partial charge in [-0.2, -0.15) is 5.26 Å². The maximum Gasteiger partial charge on any atom is 0.0943 e. The SMILES string of the molecule is N#CCCc1nc(-c2cc(Br)cs2)cs1. The highest BCUT2D eigenvalue weighted by molar-refractivity contribution is 9.10. The summed E-state index contributed by atoms with van der Waals surface area (Å²) in [5.41, 5.74) is 1.02. The highest BCUT2D eigenvalue weighted by atomic mass is 79.9. The van der Waals surface area contributed by atoms with E-state index in [9.17, 15) is 0 Å². The van der Waals surface area contributed by atoms with Crippen molar-refractivity contribution in [3.05, 3.63) is 26.3 Å². The fourth-order valence-electron chi connectivity index (χ4n) is 1.15. The molecule has 0 saturated carbocycles. The summed E-state index contributed by atoms with van der Waals surface area (Å²) in [6.45, 7) is 0. The van der Waals surface area contributed by atoms with Crippen LogP contribution in [0, 0.1) is 11.3 Å². The minimum atomic E-state index is 0.543. The molecular formula is C10H7BrN2S2. The summed E-state index contributed by atoms with van der Waals surface area (Å²) in [4.78, 5) is 5.66. The molecule has 0 fully saturated rings.